The van der Waals surface area contributed by atoms with Gasteiger partial charge in [0.25, 0.3) is 0 Å². The van der Waals surface area contributed by atoms with E-state index in [9.17, 15) is 9.59 Å². The van der Waals surface area contributed by atoms with Crippen LogP contribution in [0.4, 0.5) is 0 Å². The lowest BCUT2D eigenvalue weighted by Crippen LogP contribution is -2.46. The van der Waals surface area contributed by atoms with E-state index < -0.39 is 5.41 Å². The van der Waals surface area contributed by atoms with E-state index >= 15 is 0 Å². The number of ether oxygens (including phenoxy) is 1. The van der Waals surface area contributed by atoms with Gasteiger partial charge in [-0.05, 0) is 19.3 Å². The largest absolute Gasteiger partial charge is 0.465 e. The summed E-state index contributed by atoms with van der Waals surface area (Å²) in [6.07, 6.45) is 6.05. The first-order valence-corrected chi connectivity index (χ1v) is 6.65. The number of hydrogen-bond acceptors (Lipinski definition) is 3. The molecule has 0 aromatic rings. The fraction of sp³-hybridized carbons (Fsp3) is 0.846. The maximum absolute atomic E-state index is 12.2. The summed E-state index contributed by atoms with van der Waals surface area (Å²) in [6, 6.07) is 0.0119. The van der Waals surface area contributed by atoms with Crippen LogP contribution in [0.1, 0.15) is 51.9 Å². The van der Waals surface area contributed by atoms with E-state index in [0.29, 0.717) is 13.0 Å². The molecular formula is C13H21NO3. The molecule has 1 N–H and O–H groups in total. The Bertz CT molecular complexity index is 316. The summed E-state index contributed by atoms with van der Waals surface area (Å²) in [4.78, 5) is 23.7. The maximum Gasteiger partial charge on any atom is 0.314 e. The Hall–Kier alpha value is -1.06. The molecular weight excluding hydrogens is 218 g/mol. The maximum atomic E-state index is 12.2. The van der Waals surface area contributed by atoms with E-state index in [-0.39, 0.29) is 17.9 Å². The van der Waals surface area contributed by atoms with Crippen molar-refractivity contribution < 1.29 is 14.3 Å². The molecule has 0 radical (unpaired) electrons. The van der Waals surface area contributed by atoms with Crippen LogP contribution in [0.3, 0.4) is 0 Å². The highest BCUT2D eigenvalue weighted by atomic mass is 16.5. The smallest absolute Gasteiger partial charge is 0.314 e. The number of fused-ring (bicyclic) bond motifs is 1. The predicted molar refractivity (Wildman–Crippen MR) is 63.3 cm³/mol. The molecule has 4 heteroatoms. The third-order valence-electron chi connectivity index (χ3n) is 3.98. The molecule has 96 valence electrons. The summed E-state index contributed by atoms with van der Waals surface area (Å²) >= 11 is 0. The van der Waals surface area contributed by atoms with E-state index in [4.69, 9.17) is 4.74 Å². The van der Waals surface area contributed by atoms with Gasteiger partial charge in [-0.2, -0.15) is 0 Å². The first kappa shape index (κ1) is 12.4. The predicted octanol–water partition coefficient (Wildman–Crippen LogP) is 1.78. The summed E-state index contributed by atoms with van der Waals surface area (Å²) in [5.74, 6) is -0.154. The van der Waals surface area contributed by atoms with Gasteiger partial charge in [0.05, 0.1) is 12.0 Å². The van der Waals surface area contributed by atoms with Crippen molar-refractivity contribution in [1.29, 1.82) is 0 Å². The van der Waals surface area contributed by atoms with Gasteiger partial charge in [0.1, 0.15) is 0 Å². The van der Waals surface area contributed by atoms with E-state index in [1.807, 2.05) is 0 Å². The molecule has 2 atom stereocenters. The zero-order valence-corrected chi connectivity index (χ0v) is 10.5. The van der Waals surface area contributed by atoms with Gasteiger partial charge in [-0.3, -0.25) is 9.59 Å². The minimum absolute atomic E-state index is 0.00402. The minimum Gasteiger partial charge on any atom is -0.465 e. The second kappa shape index (κ2) is 5.07. The Labute approximate surface area is 102 Å². The second-order valence-electron chi connectivity index (χ2n) is 5.19. The average molecular weight is 239 g/mol. The van der Waals surface area contributed by atoms with Crippen LogP contribution in [0, 0.1) is 5.41 Å². The van der Waals surface area contributed by atoms with Crippen LogP contribution in [0.25, 0.3) is 0 Å². The first-order valence-electron chi connectivity index (χ1n) is 6.65. The average Bonchev–Trinajstić information content (AvgIpc) is 2.66. The third kappa shape index (κ3) is 2.31. The van der Waals surface area contributed by atoms with Crippen LogP contribution >= 0.6 is 0 Å². The highest BCUT2D eigenvalue weighted by Gasteiger charge is 2.54. The zero-order valence-electron chi connectivity index (χ0n) is 10.5. The van der Waals surface area contributed by atoms with Gasteiger partial charge in [-0.1, -0.05) is 26.2 Å². The van der Waals surface area contributed by atoms with Crippen molar-refractivity contribution in [1.82, 2.24) is 5.32 Å². The molecule has 1 heterocycles. The van der Waals surface area contributed by atoms with Crippen LogP contribution in [0.2, 0.25) is 0 Å². The molecule has 2 unspecified atom stereocenters. The van der Waals surface area contributed by atoms with Crippen LogP contribution in [0.15, 0.2) is 0 Å². The van der Waals surface area contributed by atoms with E-state index in [1.165, 1.54) is 0 Å². The number of carbonyl (C=O) groups is 2. The second-order valence-corrected chi connectivity index (χ2v) is 5.19. The monoisotopic (exact) mass is 239 g/mol. The number of amides is 1. The van der Waals surface area contributed by atoms with Crippen molar-refractivity contribution in [3.8, 4) is 0 Å². The summed E-state index contributed by atoms with van der Waals surface area (Å²) in [5.41, 5.74) is -0.553. The van der Waals surface area contributed by atoms with Gasteiger partial charge in [0.15, 0.2) is 0 Å². The van der Waals surface area contributed by atoms with Crippen molar-refractivity contribution in [2.45, 2.75) is 57.9 Å². The number of hydrogen-bond donors (Lipinski definition) is 1. The quantitative estimate of drug-likeness (QED) is 0.601. The van der Waals surface area contributed by atoms with Crippen LogP contribution in [-0.4, -0.2) is 24.5 Å². The lowest BCUT2D eigenvalue weighted by molar-refractivity contribution is -0.159. The zero-order chi connectivity index (χ0) is 12.3. The Morgan fingerprint density at radius 2 is 2.35 bits per heavy atom. The summed E-state index contributed by atoms with van der Waals surface area (Å²) in [5, 5.41) is 2.93. The molecule has 0 aromatic carbocycles. The Morgan fingerprint density at radius 3 is 3.12 bits per heavy atom. The van der Waals surface area contributed by atoms with E-state index in [0.717, 1.165) is 38.5 Å². The molecule has 4 nitrogen and oxygen atoms in total. The summed E-state index contributed by atoms with van der Waals surface area (Å²) in [6.45, 7) is 2.55. The molecule has 2 aliphatic rings. The van der Waals surface area contributed by atoms with Gasteiger partial charge in [-0.15, -0.1) is 0 Å². The Balaban J connectivity index is 2.03. The molecule has 1 saturated carbocycles. The molecule has 2 rings (SSSR count). The standard InChI is InChI=1S/C13H21NO3/c1-2-3-8-17-12(16)13-7-5-4-6-10(13)14-11(15)9-13/h10H,2-9H2,1H3,(H,14,15). The summed E-state index contributed by atoms with van der Waals surface area (Å²) < 4.78 is 5.34. The van der Waals surface area contributed by atoms with Crippen LogP contribution in [0.5, 0.6) is 0 Å². The topological polar surface area (TPSA) is 55.4 Å². The molecule has 0 aromatic heterocycles. The lowest BCUT2D eigenvalue weighted by Gasteiger charge is -2.35. The van der Waals surface area contributed by atoms with Crippen molar-refractivity contribution >= 4 is 11.9 Å². The van der Waals surface area contributed by atoms with Gasteiger partial charge in [0, 0.05) is 12.5 Å². The number of nitrogens with one attached hydrogen (secondary N) is 1. The van der Waals surface area contributed by atoms with E-state index in [2.05, 4.69) is 12.2 Å². The number of unbranched alkanes of at least 4 members (excludes halogenated alkanes) is 1. The van der Waals surface area contributed by atoms with E-state index in [1.54, 1.807) is 0 Å². The highest BCUT2D eigenvalue weighted by molar-refractivity contribution is 5.90. The number of carbonyl (C=O) groups excluding carboxylic acids is 2. The Kier molecular flexibility index (Phi) is 3.69. The van der Waals surface area contributed by atoms with Gasteiger partial charge >= 0.3 is 5.97 Å². The molecule has 17 heavy (non-hydrogen) atoms. The van der Waals surface area contributed by atoms with Crippen LogP contribution in [-0.2, 0) is 14.3 Å². The van der Waals surface area contributed by atoms with Gasteiger partial charge in [-0.25, -0.2) is 0 Å². The normalized spacial score (nSPS) is 31.8. The molecule has 0 bridgehead atoms. The highest BCUT2D eigenvalue weighted by Crippen LogP contribution is 2.44. The molecule has 2 fully saturated rings. The van der Waals surface area contributed by atoms with Crippen molar-refractivity contribution in [3.63, 3.8) is 0 Å². The van der Waals surface area contributed by atoms with Crippen molar-refractivity contribution in [2.24, 2.45) is 5.41 Å². The number of esters is 1. The molecule has 1 saturated heterocycles. The minimum atomic E-state index is -0.553. The third-order valence-corrected chi connectivity index (χ3v) is 3.98. The first-order chi connectivity index (χ1) is 8.19. The SMILES string of the molecule is CCCCOC(=O)C12CCCCC1NC(=O)C2. The molecule has 1 amide bonds. The van der Waals surface area contributed by atoms with Gasteiger partial charge in [0.2, 0.25) is 5.91 Å². The number of rotatable bonds is 4. The fourth-order valence-electron chi connectivity index (χ4n) is 2.96. The van der Waals surface area contributed by atoms with Crippen LogP contribution < -0.4 is 5.32 Å². The Morgan fingerprint density at radius 1 is 1.53 bits per heavy atom. The van der Waals surface area contributed by atoms with Crippen molar-refractivity contribution in [3.05, 3.63) is 0 Å². The molecule has 0 spiro atoms. The fourth-order valence-corrected chi connectivity index (χ4v) is 2.96. The molecule has 1 aliphatic carbocycles. The van der Waals surface area contributed by atoms with Gasteiger partial charge < -0.3 is 10.1 Å². The lowest BCUT2D eigenvalue weighted by atomic mass is 9.70. The van der Waals surface area contributed by atoms with Crippen molar-refractivity contribution in [2.75, 3.05) is 6.61 Å². The molecule has 1 aliphatic heterocycles. The summed E-state index contributed by atoms with van der Waals surface area (Å²) in [7, 11) is 0.